The highest BCUT2D eigenvalue weighted by atomic mass is 35.5. The van der Waals surface area contributed by atoms with Gasteiger partial charge in [-0.05, 0) is 38.5 Å². The van der Waals surface area contributed by atoms with Crippen molar-refractivity contribution in [2.24, 2.45) is 0 Å². The zero-order chi connectivity index (χ0) is 14.0. The van der Waals surface area contributed by atoms with E-state index < -0.39 is 11.5 Å². The Morgan fingerprint density at radius 2 is 2.26 bits per heavy atom. The largest absolute Gasteiger partial charge is 0.489 e. The van der Waals surface area contributed by atoms with Gasteiger partial charge >= 0.3 is 5.97 Å². The number of nitrogens with zero attached hydrogens (tertiary/aromatic N) is 1. The van der Waals surface area contributed by atoms with Crippen molar-refractivity contribution in [2.75, 3.05) is 13.1 Å². The third-order valence-corrected chi connectivity index (χ3v) is 3.79. The predicted octanol–water partition coefficient (Wildman–Crippen LogP) is 2.66. The molecule has 2 rings (SSSR count). The number of hydrogen-bond donors (Lipinski definition) is 1. The molecule has 0 aliphatic carbocycles. The van der Waals surface area contributed by atoms with Crippen molar-refractivity contribution in [3.05, 3.63) is 29.3 Å². The van der Waals surface area contributed by atoms with Gasteiger partial charge in [-0.25, -0.2) is 0 Å². The van der Waals surface area contributed by atoms with E-state index in [1.807, 2.05) is 17.0 Å². The monoisotopic (exact) mass is 283 g/mol. The van der Waals surface area contributed by atoms with Crippen LogP contribution in [-0.4, -0.2) is 40.7 Å². The van der Waals surface area contributed by atoms with Gasteiger partial charge in [-0.1, -0.05) is 17.7 Å². The molecule has 0 spiro atoms. The summed E-state index contributed by atoms with van der Waals surface area (Å²) in [7, 11) is 0. The second-order valence-electron chi connectivity index (χ2n) is 5.30. The van der Waals surface area contributed by atoms with Crippen LogP contribution in [0, 0.1) is 0 Å². The van der Waals surface area contributed by atoms with E-state index in [0.29, 0.717) is 11.6 Å². The summed E-state index contributed by atoms with van der Waals surface area (Å²) in [6, 6.07) is 7.26. The van der Waals surface area contributed by atoms with Crippen LogP contribution in [0.4, 0.5) is 0 Å². The molecule has 19 heavy (non-hydrogen) atoms. The zero-order valence-corrected chi connectivity index (χ0v) is 11.9. The molecule has 0 amide bonds. The molecule has 1 heterocycles. The van der Waals surface area contributed by atoms with Crippen molar-refractivity contribution in [1.82, 2.24) is 4.90 Å². The van der Waals surface area contributed by atoms with Gasteiger partial charge in [0.25, 0.3) is 0 Å². The van der Waals surface area contributed by atoms with Gasteiger partial charge in [0.1, 0.15) is 17.4 Å². The maximum Gasteiger partial charge on any atom is 0.323 e. The van der Waals surface area contributed by atoms with Crippen molar-refractivity contribution >= 4 is 17.6 Å². The molecule has 1 atom stereocenters. The van der Waals surface area contributed by atoms with Crippen LogP contribution in [0.1, 0.15) is 20.3 Å². The quantitative estimate of drug-likeness (QED) is 0.923. The summed E-state index contributed by atoms with van der Waals surface area (Å²) in [6.07, 6.45) is 0.834. The first kappa shape index (κ1) is 14.2. The SMILES string of the molecule is CC(C)(C(=O)O)N1CC[C@@H](Oc2cccc(Cl)c2)C1. The van der Waals surface area contributed by atoms with E-state index in [0.717, 1.165) is 18.7 Å². The fraction of sp³-hybridized carbons (Fsp3) is 0.500. The molecule has 1 fully saturated rings. The Kier molecular flexibility index (Phi) is 4.02. The zero-order valence-electron chi connectivity index (χ0n) is 11.1. The first-order chi connectivity index (χ1) is 8.89. The normalized spacial score (nSPS) is 20.5. The summed E-state index contributed by atoms with van der Waals surface area (Å²) in [6.45, 7) is 4.78. The maximum atomic E-state index is 11.2. The summed E-state index contributed by atoms with van der Waals surface area (Å²) in [5.74, 6) is -0.0802. The lowest BCUT2D eigenvalue weighted by Gasteiger charge is -2.31. The Morgan fingerprint density at radius 1 is 1.53 bits per heavy atom. The molecule has 0 saturated carbocycles. The van der Waals surface area contributed by atoms with E-state index in [1.54, 1.807) is 26.0 Å². The van der Waals surface area contributed by atoms with E-state index >= 15 is 0 Å². The van der Waals surface area contributed by atoms with E-state index in [2.05, 4.69) is 0 Å². The number of halogens is 1. The highest BCUT2D eigenvalue weighted by Gasteiger charge is 2.39. The predicted molar refractivity (Wildman–Crippen MR) is 73.8 cm³/mol. The molecule has 1 aliphatic heterocycles. The van der Waals surface area contributed by atoms with E-state index in [1.165, 1.54) is 0 Å². The van der Waals surface area contributed by atoms with Gasteiger partial charge < -0.3 is 9.84 Å². The molecule has 0 bridgehead atoms. The smallest absolute Gasteiger partial charge is 0.323 e. The molecule has 0 radical (unpaired) electrons. The fourth-order valence-corrected chi connectivity index (χ4v) is 2.38. The van der Waals surface area contributed by atoms with Crippen molar-refractivity contribution in [2.45, 2.75) is 31.9 Å². The molecular weight excluding hydrogens is 266 g/mol. The van der Waals surface area contributed by atoms with Gasteiger partial charge in [-0.3, -0.25) is 9.69 Å². The van der Waals surface area contributed by atoms with Crippen LogP contribution in [0.25, 0.3) is 0 Å². The lowest BCUT2D eigenvalue weighted by atomic mass is 10.0. The van der Waals surface area contributed by atoms with Gasteiger partial charge in [-0.15, -0.1) is 0 Å². The van der Waals surface area contributed by atoms with Gasteiger partial charge in [0.05, 0.1) is 0 Å². The molecule has 1 N–H and O–H groups in total. The third-order valence-electron chi connectivity index (χ3n) is 3.56. The second kappa shape index (κ2) is 5.39. The second-order valence-corrected chi connectivity index (χ2v) is 5.73. The van der Waals surface area contributed by atoms with E-state index in [9.17, 15) is 9.90 Å². The molecule has 4 nitrogen and oxygen atoms in total. The van der Waals surface area contributed by atoms with Crippen molar-refractivity contribution in [3.8, 4) is 5.75 Å². The third kappa shape index (κ3) is 3.19. The van der Waals surface area contributed by atoms with Crippen molar-refractivity contribution in [3.63, 3.8) is 0 Å². The van der Waals surface area contributed by atoms with Gasteiger partial charge in [0.15, 0.2) is 0 Å². The minimum atomic E-state index is -0.855. The average molecular weight is 284 g/mol. The molecule has 1 saturated heterocycles. The molecule has 1 aromatic carbocycles. The van der Waals surface area contributed by atoms with Gasteiger partial charge in [0, 0.05) is 18.1 Å². The van der Waals surface area contributed by atoms with Crippen LogP contribution in [-0.2, 0) is 4.79 Å². The number of carboxylic acid groups (broad SMARTS) is 1. The van der Waals surface area contributed by atoms with E-state index in [4.69, 9.17) is 16.3 Å². The first-order valence-corrected chi connectivity index (χ1v) is 6.68. The standard InChI is InChI=1S/C14H18ClNO3/c1-14(2,13(17)18)16-7-6-12(9-16)19-11-5-3-4-10(15)8-11/h3-5,8,12H,6-7,9H2,1-2H3,(H,17,18)/t12-/m1/s1. The summed E-state index contributed by atoms with van der Waals surface area (Å²) >= 11 is 5.90. The van der Waals surface area contributed by atoms with Crippen LogP contribution in [0.5, 0.6) is 5.75 Å². The highest BCUT2D eigenvalue weighted by molar-refractivity contribution is 6.30. The lowest BCUT2D eigenvalue weighted by molar-refractivity contribution is -0.148. The molecule has 5 heteroatoms. The Bertz CT molecular complexity index is 476. The summed E-state index contributed by atoms with van der Waals surface area (Å²) < 4.78 is 5.84. The maximum absolute atomic E-state index is 11.2. The van der Waals surface area contributed by atoms with Gasteiger partial charge in [-0.2, -0.15) is 0 Å². The van der Waals surface area contributed by atoms with Crippen LogP contribution >= 0.6 is 11.6 Å². The number of rotatable bonds is 4. The number of carboxylic acids is 1. The summed E-state index contributed by atoms with van der Waals surface area (Å²) in [5.41, 5.74) is -0.855. The molecular formula is C14H18ClNO3. The molecule has 0 unspecified atom stereocenters. The summed E-state index contributed by atoms with van der Waals surface area (Å²) in [4.78, 5) is 13.2. The summed E-state index contributed by atoms with van der Waals surface area (Å²) in [5, 5.41) is 9.85. The minimum absolute atomic E-state index is 0.0112. The highest BCUT2D eigenvalue weighted by Crippen LogP contribution is 2.25. The Hall–Kier alpha value is -1.26. The Balaban J connectivity index is 1.98. The molecule has 1 aromatic rings. The Morgan fingerprint density at radius 3 is 2.89 bits per heavy atom. The molecule has 1 aliphatic rings. The molecule has 104 valence electrons. The number of aliphatic carboxylic acids is 1. The van der Waals surface area contributed by atoms with Crippen molar-refractivity contribution in [1.29, 1.82) is 0 Å². The first-order valence-electron chi connectivity index (χ1n) is 6.30. The lowest BCUT2D eigenvalue weighted by Crippen LogP contribution is -2.49. The van der Waals surface area contributed by atoms with Crippen LogP contribution in [0.3, 0.4) is 0 Å². The van der Waals surface area contributed by atoms with E-state index in [-0.39, 0.29) is 6.10 Å². The van der Waals surface area contributed by atoms with Crippen molar-refractivity contribution < 1.29 is 14.6 Å². The number of carbonyl (C=O) groups is 1. The number of benzene rings is 1. The minimum Gasteiger partial charge on any atom is -0.489 e. The van der Waals surface area contributed by atoms with Crippen LogP contribution < -0.4 is 4.74 Å². The number of hydrogen-bond acceptors (Lipinski definition) is 3. The van der Waals surface area contributed by atoms with Crippen LogP contribution in [0.15, 0.2) is 24.3 Å². The van der Waals surface area contributed by atoms with Crippen LogP contribution in [0.2, 0.25) is 5.02 Å². The topological polar surface area (TPSA) is 49.8 Å². The van der Waals surface area contributed by atoms with Gasteiger partial charge in [0.2, 0.25) is 0 Å². The number of likely N-dealkylation sites (tertiary alicyclic amines) is 1. The Labute approximate surface area is 117 Å². The molecule has 0 aromatic heterocycles. The fourth-order valence-electron chi connectivity index (χ4n) is 2.20. The number of ether oxygens (including phenoxy) is 1. The average Bonchev–Trinajstić information content (AvgIpc) is 2.78.